The summed E-state index contributed by atoms with van der Waals surface area (Å²) in [6.07, 6.45) is -0.413. The van der Waals surface area contributed by atoms with Gasteiger partial charge in [0.15, 0.2) is 0 Å². The molecule has 2 amide bonds. The number of rotatable bonds is 6. The van der Waals surface area contributed by atoms with Crippen LogP contribution in [0, 0.1) is 0 Å². The summed E-state index contributed by atoms with van der Waals surface area (Å²) < 4.78 is 5.25. The van der Waals surface area contributed by atoms with E-state index < -0.39 is 29.6 Å². The highest BCUT2D eigenvalue weighted by Crippen LogP contribution is 2.13. The molecule has 1 atom stereocenters. The summed E-state index contributed by atoms with van der Waals surface area (Å²) in [7, 11) is 0. The average Bonchev–Trinajstić information content (AvgIpc) is 2.61. The quantitative estimate of drug-likeness (QED) is 0.707. The van der Waals surface area contributed by atoms with Gasteiger partial charge in [0.2, 0.25) is 5.91 Å². The number of anilines is 1. The van der Waals surface area contributed by atoms with Crippen LogP contribution in [-0.4, -0.2) is 34.7 Å². The first-order valence-corrected chi connectivity index (χ1v) is 8.82. The zero-order chi connectivity index (χ0) is 20.7. The van der Waals surface area contributed by atoms with Crippen LogP contribution in [0.5, 0.6) is 0 Å². The van der Waals surface area contributed by atoms with Gasteiger partial charge < -0.3 is 20.5 Å². The molecule has 7 nitrogen and oxygen atoms in total. The number of carbonyl (C=O) groups excluding carboxylic acids is 2. The largest absolute Gasteiger partial charge is 0.478 e. The Bertz CT molecular complexity index is 826. The maximum atomic E-state index is 12.7. The van der Waals surface area contributed by atoms with Gasteiger partial charge in [-0.1, -0.05) is 30.3 Å². The van der Waals surface area contributed by atoms with Crippen LogP contribution in [-0.2, 0) is 16.0 Å². The zero-order valence-corrected chi connectivity index (χ0v) is 16.1. The Balaban J connectivity index is 2.13. The number of carboxylic acids is 1. The van der Waals surface area contributed by atoms with E-state index in [2.05, 4.69) is 10.6 Å². The van der Waals surface area contributed by atoms with Gasteiger partial charge >= 0.3 is 12.1 Å². The number of ether oxygens (including phenoxy) is 1. The Labute approximate surface area is 163 Å². The fourth-order valence-electron chi connectivity index (χ4n) is 2.43. The standard InChI is InChI=1S/C21H24N2O5/c1-21(2,3)28-20(27)23-17(13-14-7-5-4-6-8-14)18(24)22-16-11-9-15(10-12-16)19(25)26/h4-12,17H,13H2,1-3H3,(H,22,24)(H,23,27)(H,25,26). The molecule has 2 aromatic rings. The van der Waals surface area contributed by atoms with Gasteiger partial charge in [-0.2, -0.15) is 0 Å². The molecule has 0 bridgehead atoms. The third kappa shape index (κ3) is 6.75. The van der Waals surface area contributed by atoms with Crippen LogP contribution in [0.1, 0.15) is 36.7 Å². The fraction of sp³-hybridized carbons (Fsp3) is 0.286. The Hall–Kier alpha value is -3.35. The number of aromatic carboxylic acids is 1. The average molecular weight is 384 g/mol. The van der Waals surface area contributed by atoms with Crippen molar-refractivity contribution in [2.75, 3.05) is 5.32 Å². The Morgan fingerprint density at radius 2 is 1.61 bits per heavy atom. The predicted molar refractivity (Wildman–Crippen MR) is 105 cm³/mol. The van der Waals surface area contributed by atoms with E-state index in [1.54, 1.807) is 20.8 Å². The third-order valence-corrected chi connectivity index (χ3v) is 3.69. The molecule has 0 saturated carbocycles. The van der Waals surface area contributed by atoms with Crippen LogP contribution in [0.4, 0.5) is 10.5 Å². The predicted octanol–water partition coefficient (Wildman–Crippen LogP) is 3.46. The molecule has 0 spiro atoms. The first kappa shape index (κ1) is 21.0. The van der Waals surface area contributed by atoms with Gasteiger partial charge in [0.05, 0.1) is 5.56 Å². The summed E-state index contributed by atoms with van der Waals surface area (Å²) in [5.74, 6) is -1.48. The highest BCUT2D eigenvalue weighted by atomic mass is 16.6. The van der Waals surface area contributed by atoms with Crippen molar-refractivity contribution in [2.24, 2.45) is 0 Å². The molecule has 2 aromatic carbocycles. The first-order valence-electron chi connectivity index (χ1n) is 8.82. The SMILES string of the molecule is CC(C)(C)OC(=O)NC(Cc1ccccc1)C(=O)Nc1ccc(C(=O)O)cc1. The molecule has 0 saturated heterocycles. The van der Waals surface area contributed by atoms with Gasteiger partial charge in [0.25, 0.3) is 0 Å². The lowest BCUT2D eigenvalue weighted by molar-refractivity contribution is -0.118. The third-order valence-electron chi connectivity index (χ3n) is 3.69. The highest BCUT2D eigenvalue weighted by molar-refractivity contribution is 5.97. The van der Waals surface area contributed by atoms with Gasteiger partial charge in [-0.3, -0.25) is 4.79 Å². The van der Waals surface area contributed by atoms with Crippen molar-refractivity contribution >= 4 is 23.7 Å². The molecule has 1 unspecified atom stereocenters. The zero-order valence-electron chi connectivity index (χ0n) is 16.1. The number of carboxylic acid groups (broad SMARTS) is 1. The second-order valence-electron chi connectivity index (χ2n) is 7.26. The lowest BCUT2D eigenvalue weighted by atomic mass is 10.1. The normalized spacial score (nSPS) is 12.0. The second-order valence-corrected chi connectivity index (χ2v) is 7.26. The summed E-state index contributed by atoms with van der Waals surface area (Å²) >= 11 is 0. The molecule has 3 N–H and O–H groups in total. The van der Waals surface area contributed by atoms with Crippen LogP contribution < -0.4 is 10.6 Å². The summed E-state index contributed by atoms with van der Waals surface area (Å²) in [5.41, 5.74) is 0.731. The minimum atomic E-state index is -1.05. The summed E-state index contributed by atoms with van der Waals surface area (Å²) in [4.78, 5) is 35.8. The summed E-state index contributed by atoms with van der Waals surface area (Å²) in [6, 6.07) is 14.2. The van der Waals surface area contributed by atoms with E-state index in [-0.39, 0.29) is 12.0 Å². The van der Waals surface area contributed by atoms with Crippen molar-refractivity contribution in [1.82, 2.24) is 5.32 Å². The fourth-order valence-corrected chi connectivity index (χ4v) is 2.43. The highest BCUT2D eigenvalue weighted by Gasteiger charge is 2.25. The molecule has 0 radical (unpaired) electrons. The topological polar surface area (TPSA) is 105 Å². The maximum Gasteiger partial charge on any atom is 0.408 e. The van der Waals surface area contributed by atoms with Crippen molar-refractivity contribution in [3.8, 4) is 0 Å². The van der Waals surface area contributed by atoms with Crippen molar-refractivity contribution < 1.29 is 24.2 Å². The van der Waals surface area contributed by atoms with E-state index in [1.165, 1.54) is 24.3 Å². The van der Waals surface area contributed by atoms with Gasteiger partial charge in [-0.15, -0.1) is 0 Å². The van der Waals surface area contributed by atoms with Crippen molar-refractivity contribution in [3.63, 3.8) is 0 Å². The molecule has 7 heteroatoms. The monoisotopic (exact) mass is 384 g/mol. The number of nitrogens with one attached hydrogen (secondary N) is 2. The molecule has 0 fully saturated rings. The van der Waals surface area contributed by atoms with Gasteiger partial charge in [0, 0.05) is 12.1 Å². The number of carbonyl (C=O) groups is 3. The lowest BCUT2D eigenvalue weighted by Crippen LogP contribution is -2.47. The van der Waals surface area contributed by atoms with E-state index in [9.17, 15) is 14.4 Å². The van der Waals surface area contributed by atoms with E-state index in [0.717, 1.165) is 5.56 Å². The number of hydrogen-bond donors (Lipinski definition) is 3. The Morgan fingerprint density at radius 3 is 2.14 bits per heavy atom. The number of benzene rings is 2. The van der Waals surface area contributed by atoms with Gasteiger partial charge in [-0.05, 0) is 50.6 Å². The molecular formula is C21H24N2O5. The molecule has 2 rings (SSSR count). The second kappa shape index (κ2) is 9.03. The van der Waals surface area contributed by atoms with Crippen molar-refractivity contribution in [3.05, 3.63) is 65.7 Å². The molecule has 0 aliphatic rings. The van der Waals surface area contributed by atoms with Crippen molar-refractivity contribution in [2.45, 2.75) is 38.8 Å². The number of hydrogen-bond acceptors (Lipinski definition) is 4. The smallest absolute Gasteiger partial charge is 0.408 e. The molecule has 28 heavy (non-hydrogen) atoms. The van der Waals surface area contributed by atoms with Crippen LogP contribution in [0.25, 0.3) is 0 Å². The summed E-state index contributed by atoms with van der Waals surface area (Å²) in [5, 5.41) is 14.3. The van der Waals surface area contributed by atoms with Crippen LogP contribution in [0.2, 0.25) is 0 Å². The Morgan fingerprint density at radius 1 is 1.00 bits per heavy atom. The minimum Gasteiger partial charge on any atom is -0.478 e. The maximum absolute atomic E-state index is 12.7. The van der Waals surface area contributed by atoms with E-state index in [1.807, 2.05) is 30.3 Å². The molecule has 0 aromatic heterocycles. The summed E-state index contributed by atoms with van der Waals surface area (Å²) in [6.45, 7) is 5.22. The van der Waals surface area contributed by atoms with Crippen LogP contribution in [0.15, 0.2) is 54.6 Å². The van der Waals surface area contributed by atoms with Crippen LogP contribution in [0.3, 0.4) is 0 Å². The molecule has 0 heterocycles. The molecule has 0 aliphatic carbocycles. The minimum absolute atomic E-state index is 0.116. The number of amides is 2. The molecular weight excluding hydrogens is 360 g/mol. The van der Waals surface area contributed by atoms with E-state index in [4.69, 9.17) is 9.84 Å². The first-order chi connectivity index (χ1) is 13.1. The lowest BCUT2D eigenvalue weighted by Gasteiger charge is -2.23. The van der Waals surface area contributed by atoms with E-state index >= 15 is 0 Å². The van der Waals surface area contributed by atoms with E-state index in [0.29, 0.717) is 5.69 Å². The van der Waals surface area contributed by atoms with Crippen LogP contribution >= 0.6 is 0 Å². The molecule has 148 valence electrons. The van der Waals surface area contributed by atoms with Gasteiger partial charge in [-0.25, -0.2) is 9.59 Å². The Kier molecular flexibility index (Phi) is 6.76. The number of alkyl carbamates (subject to hydrolysis) is 1. The van der Waals surface area contributed by atoms with Gasteiger partial charge in [0.1, 0.15) is 11.6 Å². The molecule has 0 aliphatic heterocycles. The van der Waals surface area contributed by atoms with Crippen molar-refractivity contribution in [1.29, 1.82) is 0 Å².